The lowest BCUT2D eigenvalue weighted by Crippen LogP contribution is -2.51. The first-order chi connectivity index (χ1) is 13.9. The molecule has 156 valence electrons. The number of aromatic nitrogens is 1. The van der Waals surface area contributed by atoms with Crippen molar-refractivity contribution in [3.8, 4) is 0 Å². The Labute approximate surface area is 175 Å². The molecule has 3 fully saturated rings. The Kier molecular flexibility index (Phi) is 4.73. The predicted molar refractivity (Wildman–Crippen MR) is 113 cm³/mol. The summed E-state index contributed by atoms with van der Waals surface area (Å²) in [5, 5.41) is 10.2. The molecule has 0 aromatic carbocycles. The van der Waals surface area contributed by atoms with Crippen LogP contribution < -0.4 is 4.57 Å². The number of aliphatic hydroxyl groups excluding tert-OH is 1. The lowest BCUT2D eigenvalue weighted by atomic mass is 9.47. The minimum atomic E-state index is -0.135. The van der Waals surface area contributed by atoms with E-state index in [1.807, 2.05) is 35.2 Å². The predicted octanol–water partition coefficient (Wildman–Crippen LogP) is 4.48. The fourth-order valence-electron chi connectivity index (χ4n) is 8.00. The van der Waals surface area contributed by atoms with Crippen LogP contribution in [0.2, 0.25) is 0 Å². The summed E-state index contributed by atoms with van der Waals surface area (Å²) in [5.74, 6) is 2.79. The van der Waals surface area contributed by atoms with Crippen molar-refractivity contribution in [3.05, 3.63) is 42.2 Å². The van der Waals surface area contributed by atoms with Crippen molar-refractivity contribution in [3.63, 3.8) is 0 Å². The van der Waals surface area contributed by atoms with Crippen LogP contribution in [0, 0.1) is 34.5 Å². The molecule has 1 aromatic heterocycles. The third-order valence-corrected chi connectivity index (χ3v) is 9.58. The number of hydrogen-bond acceptors (Lipinski definition) is 2. The van der Waals surface area contributed by atoms with Gasteiger partial charge in [0.2, 0.25) is 12.3 Å². The smallest absolute Gasteiger partial charge is 0.206 e. The summed E-state index contributed by atoms with van der Waals surface area (Å²) in [6.45, 7) is 5.43. The third-order valence-electron chi connectivity index (χ3n) is 9.58. The van der Waals surface area contributed by atoms with Crippen LogP contribution in [-0.4, -0.2) is 17.0 Å². The second-order valence-corrected chi connectivity index (χ2v) is 10.8. The molecule has 0 radical (unpaired) electrons. The molecule has 0 spiro atoms. The highest BCUT2D eigenvalue weighted by molar-refractivity contribution is 5.81. The van der Waals surface area contributed by atoms with Crippen molar-refractivity contribution in [2.75, 3.05) is 0 Å². The summed E-state index contributed by atoms with van der Waals surface area (Å²) in [7, 11) is 0. The number of nitrogens with zero attached hydrogens (tertiary/aromatic N) is 1. The molecule has 5 rings (SSSR count). The van der Waals surface area contributed by atoms with Crippen molar-refractivity contribution >= 4 is 5.78 Å². The Balaban J connectivity index is 1.38. The van der Waals surface area contributed by atoms with Gasteiger partial charge >= 0.3 is 0 Å². The topological polar surface area (TPSA) is 41.2 Å². The summed E-state index contributed by atoms with van der Waals surface area (Å²) >= 11 is 0. The molecule has 3 saturated carbocycles. The number of allylic oxidation sites excluding steroid dienone is 1. The van der Waals surface area contributed by atoms with Crippen molar-refractivity contribution in [1.82, 2.24) is 0 Å². The zero-order chi connectivity index (χ0) is 20.2. The van der Waals surface area contributed by atoms with Gasteiger partial charge in [0.15, 0.2) is 12.4 Å². The molecule has 0 amide bonds. The standard InChI is InChI=1S/C26H36NO2/c1-25-12-10-19(28)16-18(25)6-7-20-21-8-9-23(26(21,2)13-11-22(20)25)24(29)17-27-14-4-3-5-15-27/h3-6,14-15,19-23,28H,7-13,16-17H2,1-2H3/q+1/t19-,20+,21-,22+,23+,25-,26+/m0/s1. The first-order valence-corrected chi connectivity index (χ1v) is 11.8. The van der Waals surface area contributed by atoms with Crippen LogP contribution >= 0.6 is 0 Å². The number of carbonyl (C=O) groups is 1. The average Bonchev–Trinajstić information content (AvgIpc) is 3.06. The highest BCUT2D eigenvalue weighted by Crippen LogP contribution is 2.66. The molecule has 1 N–H and O–H groups in total. The van der Waals surface area contributed by atoms with E-state index in [-0.39, 0.29) is 22.9 Å². The van der Waals surface area contributed by atoms with Crippen molar-refractivity contribution in [2.45, 2.75) is 77.9 Å². The van der Waals surface area contributed by atoms with Crippen LogP contribution in [0.3, 0.4) is 0 Å². The molecule has 4 aliphatic rings. The number of fused-ring (bicyclic) bond motifs is 5. The van der Waals surface area contributed by atoms with Gasteiger partial charge in [0.25, 0.3) is 0 Å². The van der Waals surface area contributed by atoms with Gasteiger partial charge < -0.3 is 5.11 Å². The van der Waals surface area contributed by atoms with Crippen LogP contribution in [0.4, 0.5) is 0 Å². The minimum Gasteiger partial charge on any atom is -0.393 e. The number of Topliss-reactive ketones (excluding diaryl/α,β-unsaturated/α-hetero) is 1. The van der Waals surface area contributed by atoms with E-state index in [2.05, 4.69) is 19.9 Å². The lowest BCUT2D eigenvalue weighted by molar-refractivity contribution is -0.684. The molecule has 3 heteroatoms. The second-order valence-electron chi connectivity index (χ2n) is 10.8. The summed E-state index contributed by atoms with van der Waals surface area (Å²) in [6.07, 6.45) is 15.3. The zero-order valence-corrected chi connectivity index (χ0v) is 18.0. The molecule has 1 aromatic rings. The molecule has 29 heavy (non-hydrogen) atoms. The van der Waals surface area contributed by atoms with Crippen LogP contribution in [-0.2, 0) is 11.3 Å². The molecular formula is C26H36NO2+. The van der Waals surface area contributed by atoms with Crippen molar-refractivity contribution in [2.24, 2.45) is 34.5 Å². The monoisotopic (exact) mass is 394 g/mol. The average molecular weight is 395 g/mol. The van der Waals surface area contributed by atoms with E-state index in [1.54, 1.807) is 0 Å². The molecule has 0 saturated heterocycles. The molecule has 1 heterocycles. The Morgan fingerprint density at radius 2 is 1.86 bits per heavy atom. The number of carbonyl (C=O) groups excluding carboxylic acids is 1. The molecule has 7 atom stereocenters. The number of hydrogen-bond donors (Lipinski definition) is 1. The number of ketones is 1. The molecular weight excluding hydrogens is 358 g/mol. The highest BCUT2D eigenvalue weighted by Gasteiger charge is 2.59. The van der Waals surface area contributed by atoms with Gasteiger partial charge in [-0.15, -0.1) is 0 Å². The maximum Gasteiger partial charge on any atom is 0.206 e. The van der Waals surface area contributed by atoms with Crippen LogP contribution in [0.5, 0.6) is 0 Å². The number of aliphatic hydroxyl groups is 1. The van der Waals surface area contributed by atoms with E-state index >= 15 is 0 Å². The maximum absolute atomic E-state index is 13.3. The van der Waals surface area contributed by atoms with Crippen LogP contribution in [0.15, 0.2) is 42.2 Å². The first kappa shape index (κ1) is 19.5. The van der Waals surface area contributed by atoms with Crippen molar-refractivity contribution in [1.29, 1.82) is 0 Å². The third kappa shape index (κ3) is 3.03. The zero-order valence-electron chi connectivity index (χ0n) is 18.0. The van der Waals surface area contributed by atoms with Crippen molar-refractivity contribution < 1.29 is 14.5 Å². The van der Waals surface area contributed by atoms with E-state index in [4.69, 9.17) is 0 Å². The summed E-state index contributed by atoms with van der Waals surface area (Å²) < 4.78 is 2.04. The van der Waals surface area contributed by atoms with E-state index in [1.165, 1.54) is 24.8 Å². The van der Waals surface area contributed by atoms with E-state index in [0.717, 1.165) is 43.9 Å². The Morgan fingerprint density at radius 1 is 1.07 bits per heavy atom. The van der Waals surface area contributed by atoms with E-state index < -0.39 is 0 Å². The van der Waals surface area contributed by atoms with Gasteiger partial charge in [-0.25, -0.2) is 0 Å². The minimum absolute atomic E-state index is 0.135. The van der Waals surface area contributed by atoms with Crippen LogP contribution in [0.1, 0.15) is 65.2 Å². The highest BCUT2D eigenvalue weighted by atomic mass is 16.3. The van der Waals surface area contributed by atoms with Crippen LogP contribution in [0.25, 0.3) is 0 Å². The quantitative estimate of drug-likeness (QED) is 0.606. The first-order valence-electron chi connectivity index (χ1n) is 11.8. The van der Waals surface area contributed by atoms with Gasteiger partial charge in [-0.1, -0.05) is 31.6 Å². The van der Waals surface area contributed by atoms with Gasteiger partial charge in [-0.3, -0.25) is 4.79 Å². The van der Waals surface area contributed by atoms with Gasteiger partial charge in [0.1, 0.15) is 0 Å². The fourth-order valence-corrected chi connectivity index (χ4v) is 8.00. The number of pyridine rings is 1. The second kappa shape index (κ2) is 7.04. The summed E-state index contributed by atoms with van der Waals surface area (Å²) in [6, 6.07) is 6.02. The van der Waals surface area contributed by atoms with Gasteiger partial charge in [-0.05, 0) is 80.0 Å². The largest absolute Gasteiger partial charge is 0.393 e. The molecule has 0 aliphatic heterocycles. The summed E-state index contributed by atoms with van der Waals surface area (Å²) in [4.78, 5) is 13.3. The SMILES string of the molecule is C[C@@]12CC[C@@H]3[C@H](CC=C4C[C@@H](O)CC[C@@]43C)[C@@H]1CC[C@@H]2C(=O)C[n+]1ccccc1. The maximum atomic E-state index is 13.3. The Hall–Kier alpha value is -1.48. The lowest BCUT2D eigenvalue weighted by Gasteiger charge is -2.57. The molecule has 3 nitrogen and oxygen atoms in total. The van der Waals surface area contributed by atoms with E-state index in [0.29, 0.717) is 18.2 Å². The van der Waals surface area contributed by atoms with Gasteiger partial charge in [0.05, 0.1) is 6.10 Å². The van der Waals surface area contributed by atoms with Gasteiger partial charge in [-0.2, -0.15) is 4.57 Å². The molecule has 4 aliphatic carbocycles. The summed E-state index contributed by atoms with van der Waals surface area (Å²) in [5.41, 5.74) is 1.99. The molecule has 0 unspecified atom stereocenters. The molecule has 0 bridgehead atoms. The Morgan fingerprint density at radius 3 is 2.66 bits per heavy atom. The Bertz CT molecular complexity index is 817. The normalized spacial score (nSPS) is 43.7. The van der Waals surface area contributed by atoms with Gasteiger partial charge in [0, 0.05) is 18.1 Å². The fraction of sp³-hybridized carbons (Fsp3) is 0.692. The van der Waals surface area contributed by atoms with E-state index in [9.17, 15) is 9.90 Å². The number of rotatable bonds is 3.